The van der Waals surface area contributed by atoms with Crippen LogP contribution in [0.1, 0.15) is 41.6 Å². The van der Waals surface area contributed by atoms with E-state index in [1.165, 1.54) is 12.0 Å². The van der Waals surface area contributed by atoms with E-state index < -0.39 is 17.7 Å². The van der Waals surface area contributed by atoms with Crippen LogP contribution in [0.5, 0.6) is 11.5 Å². The third-order valence-electron chi connectivity index (χ3n) is 5.42. The zero-order valence-electron chi connectivity index (χ0n) is 18.8. The lowest BCUT2D eigenvalue weighted by molar-refractivity contribution is -0.139. The molecule has 0 radical (unpaired) electrons. The van der Waals surface area contributed by atoms with Crippen molar-refractivity contribution in [2.75, 3.05) is 26.9 Å². The molecule has 0 bridgehead atoms. The Hall–Kier alpha value is -3.32. The van der Waals surface area contributed by atoms with Gasteiger partial charge in [0.2, 0.25) is 0 Å². The Morgan fingerprint density at radius 3 is 2.56 bits per heavy atom. The van der Waals surface area contributed by atoms with Gasteiger partial charge in [-0.2, -0.15) is 0 Å². The van der Waals surface area contributed by atoms with Gasteiger partial charge in [-0.3, -0.25) is 9.59 Å². The highest BCUT2D eigenvalue weighted by molar-refractivity contribution is 6.46. The summed E-state index contributed by atoms with van der Waals surface area (Å²) in [5.74, 6) is -0.694. The number of aliphatic hydroxyl groups excluding tert-OH is 2. The Morgan fingerprint density at radius 2 is 1.91 bits per heavy atom. The van der Waals surface area contributed by atoms with Crippen molar-refractivity contribution in [1.82, 2.24) is 4.90 Å². The average Bonchev–Trinajstić information content (AvgIpc) is 3.02. The van der Waals surface area contributed by atoms with Crippen molar-refractivity contribution in [2.24, 2.45) is 0 Å². The predicted octanol–water partition coefficient (Wildman–Crippen LogP) is 3.51. The third-order valence-corrected chi connectivity index (χ3v) is 5.42. The number of nitrogens with zero attached hydrogens (tertiary/aromatic N) is 1. The monoisotopic (exact) mass is 439 g/mol. The van der Waals surface area contributed by atoms with Crippen molar-refractivity contribution < 1.29 is 29.3 Å². The van der Waals surface area contributed by atoms with Crippen molar-refractivity contribution >= 4 is 17.4 Å². The molecule has 1 fully saturated rings. The van der Waals surface area contributed by atoms with Crippen molar-refractivity contribution in [3.63, 3.8) is 0 Å². The van der Waals surface area contributed by atoms with Gasteiger partial charge in [-0.25, -0.2) is 0 Å². The molecule has 2 aromatic rings. The average molecular weight is 440 g/mol. The lowest BCUT2D eigenvalue weighted by Crippen LogP contribution is -2.30. The Balaban J connectivity index is 2.23. The standard InChI is InChI=1S/C25H29NO6/c1-5-9-26-21(17-7-6-8-18(14-17)32-11-10-27)20(23(29)25(26)30)22(28)19-13-15(2)12-16(3)24(19)31-4/h6-8,12-14,21,27-28H,5,9-11H2,1-4H3/b22-20+. The van der Waals surface area contributed by atoms with Crippen molar-refractivity contribution in [3.05, 3.63) is 64.2 Å². The molecule has 170 valence electrons. The van der Waals surface area contributed by atoms with E-state index in [0.717, 1.165) is 11.1 Å². The second-order valence-electron chi connectivity index (χ2n) is 7.80. The first-order valence-electron chi connectivity index (χ1n) is 10.6. The fraction of sp³-hybridized carbons (Fsp3) is 0.360. The molecule has 0 spiro atoms. The molecule has 0 saturated carbocycles. The van der Waals surface area contributed by atoms with Gasteiger partial charge in [0, 0.05) is 6.54 Å². The SMILES string of the molecule is CCCN1C(=O)C(=O)/C(=C(/O)c2cc(C)cc(C)c2OC)C1c1cccc(OCCO)c1. The fourth-order valence-electron chi connectivity index (χ4n) is 4.18. The van der Waals surface area contributed by atoms with Gasteiger partial charge in [0.15, 0.2) is 0 Å². The second-order valence-corrected chi connectivity index (χ2v) is 7.80. The summed E-state index contributed by atoms with van der Waals surface area (Å²) in [4.78, 5) is 27.5. The number of benzene rings is 2. The maximum Gasteiger partial charge on any atom is 0.295 e. The molecule has 0 aliphatic carbocycles. The molecule has 1 aliphatic rings. The van der Waals surface area contributed by atoms with Gasteiger partial charge in [0.05, 0.1) is 30.9 Å². The number of hydrogen-bond donors (Lipinski definition) is 2. The maximum absolute atomic E-state index is 13.1. The van der Waals surface area contributed by atoms with Gasteiger partial charge in [-0.15, -0.1) is 0 Å². The highest BCUT2D eigenvalue weighted by Crippen LogP contribution is 2.42. The van der Waals surface area contributed by atoms with Crippen LogP contribution < -0.4 is 9.47 Å². The zero-order chi connectivity index (χ0) is 23.4. The van der Waals surface area contributed by atoms with Gasteiger partial charge in [0.1, 0.15) is 23.9 Å². The van der Waals surface area contributed by atoms with E-state index in [-0.39, 0.29) is 24.5 Å². The summed E-state index contributed by atoms with van der Waals surface area (Å²) in [7, 11) is 1.50. The Bertz CT molecular complexity index is 1060. The lowest BCUT2D eigenvalue weighted by atomic mass is 9.93. The third kappa shape index (κ3) is 4.34. The normalized spacial score (nSPS) is 17.7. The van der Waals surface area contributed by atoms with E-state index in [0.29, 0.717) is 35.6 Å². The molecule has 1 saturated heterocycles. The van der Waals surface area contributed by atoms with Crippen LogP contribution in [0.4, 0.5) is 0 Å². The molecule has 1 heterocycles. The smallest absolute Gasteiger partial charge is 0.295 e. The van der Waals surface area contributed by atoms with Crippen LogP contribution in [-0.4, -0.2) is 53.7 Å². The number of carbonyl (C=O) groups is 2. The van der Waals surface area contributed by atoms with Gasteiger partial charge in [-0.1, -0.05) is 25.1 Å². The molecule has 7 nitrogen and oxygen atoms in total. The largest absolute Gasteiger partial charge is 0.507 e. The molecular weight excluding hydrogens is 410 g/mol. The zero-order valence-corrected chi connectivity index (χ0v) is 18.8. The van der Waals surface area contributed by atoms with E-state index in [1.54, 1.807) is 30.3 Å². The minimum absolute atomic E-state index is 0.0195. The molecule has 7 heteroatoms. The maximum atomic E-state index is 13.1. The second kappa shape index (κ2) is 9.87. The molecule has 1 amide bonds. The van der Waals surface area contributed by atoms with Gasteiger partial charge in [0.25, 0.3) is 11.7 Å². The van der Waals surface area contributed by atoms with E-state index in [9.17, 15) is 14.7 Å². The number of ether oxygens (including phenoxy) is 2. The molecule has 1 atom stereocenters. The van der Waals surface area contributed by atoms with E-state index >= 15 is 0 Å². The number of likely N-dealkylation sites (tertiary alicyclic amines) is 1. The summed E-state index contributed by atoms with van der Waals surface area (Å²) in [6, 6.07) is 9.90. The van der Waals surface area contributed by atoms with Crippen LogP contribution in [0.25, 0.3) is 5.76 Å². The number of Topliss-reactive ketones (excluding diaryl/α,β-unsaturated/α-hetero) is 1. The molecule has 0 aromatic heterocycles. The number of hydrogen-bond acceptors (Lipinski definition) is 6. The summed E-state index contributed by atoms with van der Waals surface area (Å²) in [6.45, 7) is 6.02. The first-order chi connectivity index (χ1) is 15.3. The van der Waals surface area contributed by atoms with E-state index in [4.69, 9.17) is 14.6 Å². The topological polar surface area (TPSA) is 96.3 Å². The molecule has 2 aromatic carbocycles. The van der Waals surface area contributed by atoms with Gasteiger partial charge >= 0.3 is 0 Å². The molecule has 32 heavy (non-hydrogen) atoms. The highest BCUT2D eigenvalue weighted by Gasteiger charge is 2.46. The molecule has 3 rings (SSSR count). The Morgan fingerprint density at radius 1 is 1.16 bits per heavy atom. The van der Waals surface area contributed by atoms with E-state index in [2.05, 4.69) is 0 Å². The summed E-state index contributed by atoms with van der Waals surface area (Å²) < 4.78 is 11.0. The minimum atomic E-state index is -0.766. The number of carbonyl (C=O) groups excluding carboxylic acids is 2. The van der Waals surface area contributed by atoms with Gasteiger partial charge in [-0.05, 0) is 55.2 Å². The Labute approximate surface area is 187 Å². The van der Waals surface area contributed by atoms with Crippen molar-refractivity contribution in [3.8, 4) is 11.5 Å². The number of methoxy groups -OCH3 is 1. The quantitative estimate of drug-likeness (QED) is 0.371. The number of aliphatic hydroxyl groups is 2. The summed E-state index contributed by atoms with van der Waals surface area (Å²) in [5.41, 5.74) is 2.73. The fourth-order valence-corrected chi connectivity index (χ4v) is 4.18. The number of amides is 1. The van der Waals surface area contributed by atoms with Crippen LogP contribution >= 0.6 is 0 Å². The first-order valence-corrected chi connectivity index (χ1v) is 10.6. The van der Waals surface area contributed by atoms with Crippen LogP contribution in [0.2, 0.25) is 0 Å². The molecule has 2 N–H and O–H groups in total. The van der Waals surface area contributed by atoms with Crippen LogP contribution in [-0.2, 0) is 9.59 Å². The number of ketones is 1. The summed E-state index contributed by atoms with van der Waals surface area (Å²) in [5, 5.41) is 20.4. The number of rotatable bonds is 8. The van der Waals surface area contributed by atoms with E-state index in [1.807, 2.05) is 26.8 Å². The minimum Gasteiger partial charge on any atom is -0.507 e. The number of aryl methyl sites for hydroxylation is 2. The molecule has 1 aliphatic heterocycles. The first kappa shape index (κ1) is 23.3. The van der Waals surface area contributed by atoms with Crippen LogP contribution in [0.3, 0.4) is 0 Å². The summed E-state index contributed by atoms with van der Waals surface area (Å²) in [6.07, 6.45) is 0.650. The van der Waals surface area contributed by atoms with Crippen molar-refractivity contribution in [2.45, 2.75) is 33.2 Å². The Kier molecular flexibility index (Phi) is 7.20. The highest BCUT2D eigenvalue weighted by atomic mass is 16.5. The predicted molar refractivity (Wildman–Crippen MR) is 121 cm³/mol. The summed E-state index contributed by atoms with van der Waals surface area (Å²) >= 11 is 0. The van der Waals surface area contributed by atoms with Crippen molar-refractivity contribution in [1.29, 1.82) is 0 Å². The van der Waals surface area contributed by atoms with Crippen LogP contribution in [0.15, 0.2) is 42.0 Å². The lowest BCUT2D eigenvalue weighted by Gasteiger charge is -2.25. The molecule has 1 unspecified atom stereocenters. The van der Waals surface area contributed by atoms with Crippen LogP contribution in [0, 0.1) is 13.8 Å². The molecular formula is C25H29NO6. The van der Waals surface area contributed by atoms with Gasteiger partial charge < -0.3 is 24.6 Å².